The van der Waals surface area contributed by atoms with Crippen molar-refractivity contribution in [1.29, 1.82) is 0 Å². The number of aromatic nitrogens is 1. The topological polar surface area (TPSA) is 31.4 Å². The molecule has 1 aliphatic rings. The van der Waals surface area contributed by atoms with Gasteiger partial charge in [-0.2, -0.15) is 0 Å². The summed E-state index contributed by atoms with van der Waals surface area (Å²) in [5.41, 5.74) is 1.84. The number of nitrogens with zero attached hydrogens (tertiary/aromatic N) is 3. The van der Waals surface area contributed by atoms with Gasteiger partial charge in [-0.3, -0.25) is 0 Å². The molecule has 0 aliphatic carbocycles. The molecule has 1 aromatic heterocycles. The molecule has 136 valence electrons. The van der Waals surface area contributed by atoms with E-state index in [4.69, 9.17) is 0 Å². The predicted octanol–water partition coefficient (Wildman–Crippen LogP) is 2.82. The third-order valence-electron chi connectivity index (χ3n) is 4.30. The third kappa shape index (κ3) is 5.11. The van der Waals surface area contributed by atoms with E-state index in [1.54, 1.807) is 6.07 Å². The number of anilines is 1. The van der Waals surface area contributed by atoms with Crippen LogP contribution in [-0.2, 0) is 13.1 Å². The first-order valence-corrected chi connectivity index (χ1v) is 8.15. The molecule has 0 atom stereocenters. The van der Waals surface area contributed by atoms with Gasteiger partial charge in [0.1, 0.15) is 5.82 Å². The fourth-order valence-electron chi connectivity index (χ4n) is 2.86. The Kier molecular flexibility index (Phi) is 7.11. The lowest BCUT2D eigenvalue weighted by Gasteiger charge is -2.34. The van der Waals surface area contributed by atoms with E-state index < -0.39 is 11.6 Å². The molecule has 7 heteroatoms. The van der Waals surface area contributed by atoms with Crippen molar-refractivity contribution in [3.8, 4) is 0 Å². The average Bonchev–Trinajstić information content (AvgIpc) is 2.59. The average molecular weight is 369 g/mol. The van der Waals surface area contributed by atoms with Gasteiger partial charge in [0.05, 0.1) is 0 Å². The lowest BCUT2D eigenvalue weighted by molar-refractivity contribution is 0.311. The molecule has 1 N–H and O–H groups in total. The zero-order chi connectivity index (χ0) is 16.9. The Bertz CT molecular complexity index is 691. The van der Waals surface area contributed by atoms with E-state index in [-0.39, 0.29) is 12.4 Å². The molecule has 0 unspecified atom stereocenters. The number of likely N-dealkylation sites (N-methyl/N-ethyl adjacent to an activating group) is 1. The molecule has 2 aromatic rings. The number of piperazine rings is 1. The Morgan fingerprint density at radius 1 is 1.04 bits per heavy atom. The molecular formula is C18H23ClF2N4. The van der Waals surface area contributed by atoms with Crippen LogP contribution in [0.4, 0.5) is 14.6 Å². The van der Waals surface area contributed by atoms with Crippen molar-refractivity contribution in [2.45, 2.75) is 13.1 Å². The monoisotopic (exact) mass is 368 g/mol. The molecule has 1 aliphatic heterocycles. The summed E-state index contributed by atoms with van der Waals surface area (Å²) >= 11 is 0. The van der Waals surface area contributed by atoms with Gasteiger partial charge in [-0.15, -0.1) is 12.4 Å². The van der Waals surface area contributed by atoms with E-state index >= 15 is 0 Å². The molecule has 1 fully saturated rings. The van der Waals surface area contributed by atoms with Crippen LogP contribution in [0, 0.1) is 11.6 Å². The Labute approximate surface area is 153 Å². The van der Waals surface area contributed by atoms with Crippen molar-refractivity contribution in [1.82, 2.24) is 15.2 Å². The molecule has 0 spiro atoms. The zero-order valence-corrected chi connectivity index (χ0v) is 15.0. The fourth-order valence-corrected chi connectivity index (χ4v) is 2.86. The number of benzene rings is 1. The molecule has 0 bridgehead atoms. The standard InChI is InChI=1S/C18H22F2N4.ClH/c1-23-7-9-24(10-8-23)18-15(3-2-6-22-18)13-21-12-14-4-5-16(19)17(20)11-14;/h2-6,11,21H,7-10,12-13H2,1H3;1H. The summed E-state index contributed by atoms with van der Waals surface area (Å²) in [6, 6.07) is 7.96. The Morgan fingerprint density at radius 3 is 2.52 bits per heavy atom. The smallest absolute Gasteiger partial charge is 0.159 e. The number of halogens is 3. The van der Waals surface area contributed by atoms with Crippen LogP contribution in [0.25, 0.3) is 0 Å². The molecule has 0 radical (unpaired) electrons. The van der Waals surface area contributed by atoms with E-state index in [0.717, 1.165) is 49.2 Å². The first kappa shape index (κ1) is 19.6. The molecule has 25 heavy (non-hydrogen) atoms. The van der Waals surface area contributed by atoms with Gasteiger partial charge in [0.15, 0.2) is 11.6 Å². The SMILES string of the molecule is CN1CCN(c2ncccc2CNCc2ccc(F)c(F)c2)CC1.Cl. The minimum absolute atomic E-state index is 0. The minimum atomic E-state index is -0.816. The number of rotatable bonds is 5. The number of nitrogens with one attached hydrogen (secondary N) is 1. The Morgan fingerprint density at radius 2 is 1.80 bits per heavy atom. The van der Waals surface area contributed by atoms with Gasteiger partial charge in [0.2, 0.25) is 0 Å². The summed E-state index contributed by atoms with van der Waals surface area (Å²) in [4.78, 5) is 9.14. The van der Waals surface area contributed by atoms with Gasteiger partial charge >= 0.3 is 0 Å². The van der Waals surface area contributed by atoms with Crippen molar-refractivity contribution in [3.63, 3.8) is 0 Å². The lowest BCUT2D eigenvalue weighted by atomic mass is 10.2. The summed E-state index contributed by atoms with van der Waals surface area (Å²) in [7, 11) is 2.13. The molecule has 1 saturated heterocycles. The van der Waals surface area contributed by atoms with Crippen LogP contribution < -0.4 is 10.2 Å². The summed E-state index contributed by atoms with van der Waals surface area (Å²) in [6.07, 6.45) is 1.81. The highest BCUT2D eigenvalue weighted by Crippen LogP contribution is 2.19. The van der Waals surface area contributed by atoms with Gasteiger partial charge in [-0.05, 0) is 30.8 Å². The summed E-state index contributed by atoms with van der Waals surface area (Å²) in [5.74, 6) is -0.624. The van der Waals surface area contributed by atoms with Crippen LogP contribution in [0.5, 0.6) is 0 Å². The maximum absolute atomic E-state index is 13.2. The van der Waals surface area contributed by atoms with Crippen molar-refractivity contribution in [3.05, 3.63) is 59.3 Å². The van der Waals surface area contributed by atoms with Crippen molar-refractivity contribution < 1.29 is 8.78 Å². The first-order chi connectivity index (χ1) is 11.6. The first-order valence-electron chi connectivity index (χ1n) is 8.15. The van der Waals surface area contributed by atoms with E-state index in [1.807, 2.05) is 12.3 Å². The maximum atomic E-state index is 13.2. The number of hydrogen-bond acceptors (Lipinski definition) is 4. The van der Waals surface area contributed by atoms with Crippen molar-refractivity contribution >= 4 is 18.2 Å². The predicted molar refractivity (Wildman–Crippen MR) is 98.1 cm³/mol. The largest absolute Gasteiger partial charge is 0.354 e. The second-order valence-corrected chi connectivity index (χ2v) is 6.13. The lowest BCUT2D eigenvalue weighted by Crippen LogP contribution is -2.45. The van der Waals surface area contributed by atoms with Crippen molar-refractivity contribution in [2.24, 2.45) is 0 Å². The second kappa shape index (κ2) is 9.08. The third-order valence-corrected chi connectivity index (χ3v) is 4.30. The van der Waals surface area contributed by atoms with Gasteiger partial charge in [-0.25, -0.2) is 13.8 Å². The Hall–Kier alpha value is -1.76. The number of pyridine rings is 1. The van der Waals surface area contributed by atoms with Crippen LogP contribution >= 0.6 is 12.4 Å². The molecule has 3 rings (SSSR count). The maximum Gasteiger partial charge on any atom is 0.159 e. The van der Waals surface area contributed by atoms with Crippen molar-refractivity contribution in [2.75, 3.05) is 38.1 Å². The zero-order valence-electron chi connectivity index (χ0n) is 14.2. The molecule has 0 amide bonds. The minimum Gasteiger partial charge on any atom is -0.354 e. The summed E-state index contributed by atoms with van der Waals surface area (Å²) in [6.45, 7) is 5.09. The highest BCUT2D eigenvalue weighted by Gasteiger charge is 2.17. The van der Waals surface area contributed by atoms with Gasteiger partial charge in [-0.1, -0.05) is 12.1 Å². The fraction of sp³-hybridized carbons (Fsp3) is 0.389. The van der Waals surface area contributed by atoms with Crippen LogP contribution in [0.3, 0.4) is 0 Å². The van der Waals surface area contributed by atoms with E-state index in [9.17, 15) is 8.78 Å². The normalized spacial score (nSPS) is 15.1. The molecule has 2 heterocycles. The molecule has 4 nitrogen and oxygen atoms in total. The van der Waals surface area contributed by atoms with Crippen LogP contribution in [0.15, 0.2) is 36.5 Å². The van der Waals surface area contributed by atoms with Crippen LogP contribution in [-0.4, -0.2) is 43.1 Å². The second-order valence-electron chi connectivity index (χ2n) is 6.13. The Balaban J connectivity index is 0.00000225. The van der Waals surface area contributed by atoms with Gasteiger partial charge in [0.25, 0.3) is 0 Å². The van der Waals surface area contributed by atoms with E-state index in [2.05, 4.69) is 33.2 Å². The van der Waals surface area contributed by atoms with Crippen LogP contribution in [0.1, 0.15) is 11.1 Å². The van der Waals surface area contributed by atoms with E-state index in [0.29, 0.717) is 13.1 Å². The number of hydrogen-bond donors (Lipinski definition) is 1. The quantitative estimate of drug-likeness (QED) is 0.879. The highest BCUT2D eigenvalue weighted by molar-refractivity contribution is 5.85. The van der Waals surface area contributed by atoms with Gasteiger partial charge < -0.3 is 15.1 Å². The molecule has 0 saturated carbocycles. The van der Waals surface area contributed by atoms with Crippen LogP contribution in [0.2, 0.25) is 0 Å². The summed E-state index contributed by atoms with van der Waals surface area (Å²) < 4.78 is 26.2. The van der Waals surface area contributed by atoms with E-state index in [1.165, 1.54) is 6.07 Å². The highest BCUT2D eigenvalue weighted by atomic mass is 35.5. The summed E-state index contributed by atoms with van der Waals surface area (Å²) in [5, 5.41) is 3.29. The molecular weight excluding hydrogens is 346 g/mol. The van der Waals surface area contributed by atoms with Gasteiger partial charge in [0, 0.05) is 51.0 Å². The molecule has 1 aromatic carbocycles.